The molecule has 0 saturated carbocycles. The van der Waals surface area contributed by atoms with E-state index in [-0.39, 0.29) is 0 Å². The fourth-order valence-corrected chi connectivity index (χ4v) is 2.70. The normalized spacial score (nSPS) is 12.6. The van der Waals surface area contributed by atoms with E-state index in [9.17, 15) is 0 Å². The summed E-state index contributed by atoms with van der Waals surface area (Å²) in [5, 5.41) is 1.05. The molecule has 0 aliphatic carbocycles. The highest BCUT2D eigenvalue weighted by molar-refractivity contribution is 9.09. The van der Waals surface area contributed by atoms with Crippen LogP contribution in [0.5, 0.6) is 0 Å². The van der Waals surface area contributed by atoms with E-state index >= 15 is 0 Å². The maximum Gasteiger partial charge on any atom is 0.108 e. The van der Waals surface area contributed by atoms with Gasteiger partial charge in [-0.25, -0.2) is 4.98 Å². The summed E-state index contributed by atoms with van der Waals surface area (Å²) in [6, 6.07) is 10.7. The van der Waals surface area contributed by atoms with Crippen molar-refractivity contribution in [1.82, 2.24) is 9.55 Å². The van der Waals surface area contributed by atoms with Crippen LogP contribution >= 0.6 is 15.9 Å². The summed E-state index contributed by atoms with van der Waals surface area (Å²) >= 11 is 3.63. The Morgan fingerprint density at radius 1 is 1.28 bits per heavy atom. The molecule has 0 spiro atoms. The quantitative estimate of drug-likeness (QED) is 0.746. The lowest BCUT2D eigenvalue weighted by Crippen LogP contribution is -2.09. The van der Waals surface area contributed by atoms with Crippen LogP contribution < -0.4 is 0 Å². The number of aromatic nitrogens is 2. The van der Waals surface area contributed by atoms with Crippen molar-refractivity contribution < 1.29 is 0 Å². The maximum absolute atomic E-state index is 4.38. The van der Waals surface area contributed by atoms with Gasteiger partial charge in [-0.1, -0.05) is 46.3 Å². The van der Waals surface area contributed by atoms with Gasteiger partial charge in [0.2, 0.25) is 0 Å². The maximum atomic E-state index is 4.38. The number of halogens is 1. The molecule has 18 heavy (non-hydrogen) atoms. The number of rotatable bonds is 6. The van der Waals surface area contributed by atoms with Gasteiger partial charge in [0.1, 0.15) is 5.82 Å². The van der Waals surface area contributed by atoms with Crippen molar-refractivity contribution in [2.45, 2.75) is 19.3 Å². The molecule has 0 amide bonds. The van der Waals surface area contributed by atoms with Gasteiger partial charge in [0.05, 0.1) is 0 Å². The summed E-state index contributed by atoms with van der Waals surface area (Å²) in [6.07, 6.45) is 7.24. The Morgan fingerprint density at radius 2 is 2.06 bits per heavy atom. The second-order valence-corrected chi connectivity index (χ2v) is 5.35. The van der Waals surface area contributed by atoms with Crippen LogP contribution in [0.3, 0.4) is 0 Å². The molecule has 1 heterocycles. The molecule has 0 radical (unpaired) electrons. The van der Waals surface area contributed by atoms with E-state index in [1.807, 2.05) is 12.4 Å². The third-order valence-corrected chi connectivity index (χ3v) is 4.20. The molecule has 0 fully saturated rings. The van der Waals surface area contributed by atoms with Gasteiger partial charge in [0, 0.05) is 31.2 Å². The van der Waals surface area contributed by atoms with Gasteiger partial charge in [-0.2, -0.15) is 0 Å². The standard InChI is InChI=1S/C15H19BrN2/c1-18-10-9-17-15(18)8-7-14(12-16)11-13-5-3-2-4-6-13/h2-6,9-10,14H,7-8,11-12H2,1H3. The molecule has 1 aromatic carbocycles. The van der Waals surface area contributed by atoms with Gasteiger partial charge in [-0.15, -0.1) is 0 Å². The first-order valence-corrected chi connectivity index (χ1v) is 7.48. The highest BCUT2D eigenvalue weighted by Crippen LogP contribution is 2.17. The molecule has 0 aliphatic rings. The molecule has 2 rings (SSSR count). The van der Waals surface area contributed by atoms with Crippen molar-refractivity contribution in [2.24, 2.45) is 13.0 Å². The van der Waals surface area contributed by atoms with E-state index in [1.54, 1.807) is 0 Å². The number of hydrogen-bond acceptors (Lipinski definition) is 1. The molecule has 2 aromatic rings. The van der Waals surface area contributed by atoms with Crippen LogP contribution in [0, 0.1) is 5.92 Å². The molecule has 3 heteroatoms. The Labute approximate surface area is 117 Å². The predicted octanol–water partition coefficient (Wildman–Crippen LogP) is 3.61. The van der Waals surface area contributed by atoms with Crippen molar-refractivity contribution in [2.75, 3.05) is 5.33 Å². The summed E-state index contributed by atoms with van der Waals surface area (Å²) in [6.45, 7) is 0. The van der Waals surface area contributed by atoms with E-state index < -0.39 is 0 Å². The first kappa shape index (κ1) is 13.3. The number of benzene rings is 1. The zero-order chi connectivity index (χ0) is 12.8. The minimum absolute atomic E-state index is 0.670. The Bertz CT molecular complexity index is 464. The molecule has 0 N–H and O–H groups in total. The van der Waals surface area contributed by atoms with Crippen molar-refractivity contribution in [3.8, 4) is 0 Å². The van der Waals surface area contributed by atoms with Crippen LogP contribution in [-0.4, -0.2) is 14.9 Å². The number of hydrogen-bond donors (Lipinski definition) is 0. The lowest BCUT2D eigenvalue weighted by molar-refractivity contribution is 0.528. The zero-order valence-corrected chi connectivity index (χ0v) is 12.3. The summed E-state index contributed by atoms with van der Waals surface area (Å²) in [5.41, 5.74) is 1.42. The van der Waals surface area contributed by atoms with Crippen LogP contribution in [0.2, 0.25) is 0 Å². The predicted molar refractivity (Wildman–Crippen MR) is 79.0 cm³/mol. The van der Waals surface area contributed by atoms with Gasteiger partial charge >= 0.3 is 0 Å². The van der Waals surface area contributed by atoms with Crippen LogP contribution in [0.1, 0.15) is 17.8 Å². The van der Waals surface area contributed by atoms with Crippen molar-refractivity contribution in [3.63, 3.8) is 0 Å². The average molecular weight is 307 g/mol. The van der Waals surface area contributed by atoms with Gasteiger partial charge in [-0.05, 0) is 24.3 Å². The fraction of sp³-hybridized carbons (Fsp3) is 0.400. The molecule has 2 nitrogen and oxygen atoms in total. The minimum atomic E-state index is 0.670. The second kappa shape index (κ2) is 6.74. The van der Waals surface area contributed by atoms with Crippen molar-refractivity contribution >= 4 is 15.9 Å². The highest BCUT2D eigenvalue weighted by atomic mass is 79.9. The first-order valence-electron chi connectivity index (χ1n) is 6.35. The van der Waals surface area contributed by atoms with E-state index in [4.69, 9.17) is 0 Å². The minimum Gasteiger partial charge on any atom is -0.338 e. The fourth-order valence-electron chi connectivity index (χ4n) is 2.15. The third-order valence-electron chi connectivity index (χ3n) is 3.28. The molecule has 1 atom stereocenters. The van der Waals surface area contributed by atoms with Gasteiger partial charge in [0.15, 0.2) is 0 Å². The summed E-state index contributed by atoms with van der Waals surface area (Å²) in [7, 11) is 2.06. The van der Waals surface area contributed by atoms with Crippen LogP contribution in [-0.2, 0) is 19.9 Å². The molecule has 1 unspecified atom stereocenters. The van der Waals surface area contributed by atoms with E-state index in [1.165, 1.54) is 17.8 Å². The van der Waals surface area contributed by atoms with Crippen LogP contribution in [0.15, 0.2) is 42.7 Å². The summed E-state index contributed by atoms with van der Waals surface area (Å²) < 4.78 is 2.10. The van der Waals surface area contributed by atoms with E-state index in [0.29, 0.717) is 5.92 Å². The average Bonchev–Trinajstić information content (AvgIpc) is 2.81. The molecular weight excluding hydrogens is 288 g/mol. The van der Waals surface area contributed by atoms with Gasteiger partial charge in [-0.3, -0.25) is 0 Å². The molecule has 0 bridgehead atoms. The molecule has 0 aliphatic heterocycles. The first-order chi connectivity index (χ1) is 8.79. The molecule has 1 aromatic heterocycles. The zero-order valence-electron chi connectivity index (χ0n) is 10.7. The van der Waals surface area contributed by atoms with Crippen molar-refractivity contribution in [3.05, 3.63) is 54.1 Å². The Balaban J connectivity index is 1.88. The summed E-state index contributed by atoms with van der Waals surface area (Å²) in [4.78, 5) is 4.38. The second-order valence-electron chi connectivity index (χ2n) is 4.70. The van der Waals surface area contributed by atoms with Crippen molar-refractivity contribution in [1.29, 1.82) is 0 Å². The third kappa shape index (κ3) is 3.70. The monoisotopic (exact) mass is 306 g/mol. The van der Waals surface area contributed by atoms with Gasteiger partial charge in [0.25, 0.3) is 0 Å². The molecule has 0 saturated heterocycles. The number of imidazole rings is 1. The van der Waals surface area contributed by atoms with E-state index in [2.05, 4.69) is 62.9 Å². The van der Waals surface area contributed by atoms with Crippen LogP contribution in [0.25, 0.3) is 0 Å². The smallest absolute Gasteiger partial charge is 0.108 e. The number of aryl methyl sites for hydroxylation is 2. The Morgan fingerprint density at radius 3 is 2.67 bits per heavy atom. The SMILES string of the molecule is Cn1ccnc1CCC(CBr)Cc1ccccc1. The lowest BCUT2D eigenvalue weighted by Gasteiger charge is -2.13. The lowest BCUT2D eigenvalue weighted by atomic mass is 9.96. The van der Waals surface area contributed by atoms with Crippen LogP contribution in [0.4, 0.5) is 0 Å². The number of nitrogens with zero attached hydrogens (tertiary/aromatic N) is 2. The Kier molecular flexibility index (Phi) is 5.00. The molecular formula is C15H19BrN2. The largest absolute Gasteiger partial charge is 0.338 e. The number of alkyl halides is 1. The Hall–Kier alpha value is -1.09. The molecule has 96 valence electrons. The van der Waals surface area contributed by atoms with Gasteiger partial charge < -0.3 is 4.57 Å². The van der Waals surface area contributed by atoms with E-state index in [0.717, 1.165) is 18.2 Å². The highest BCUT2D eigenvalue weighted by Gasteiger charge is 2.10. The summed E-state index contributed by atoms with van der Waals surface area (Å²) in [5.74, 6) is 1.85. The topological polar surface area (TPSA) is 17.8 Å².